The molecule has 0 unspecified atom stereocenters. The maximum atomic E-state index is 5.15. The molecule has 5 nitrogen and oxygen atoms in total. The van der Waals surface area contributed by atoms with E-state index >= 15 is 0 Å². The summed E-state index contributed by atoms with van der Waals surface area (Å²) in [5.41, 5.74) is 11.6. The molecule has 53 heavy (non-hydrogen) atoms. The van der Waals surface area contributed by atoms with Gasteiger partial charge in [-0.3, -0.25) is 0 Å². The van der Waals surface area contributed by atoms with Gasteiger partial charge in [0.2, 0.25) is 0 Å². The number of halogens is 1. The zero-order chi connectivity index (χ0) is 35.6. The van der Waals surface area contributed by atoms with Gasteiger partial charge in [-0.25, -0.2) is 24.9 Å². The van der Waals surface area contributed by atoms with E-state index in [2.05, 4.69) is 165 Å². The molecule has 0 atom stereocenters. The lowest BCUT2D eigenvalue weighted by Gasteiger charge is -2.13. The Kier molecular flexibility index (Phi) is 8.87. The van der Waals surface area contributed by atoms with Crippen LogP contribution in [-0.4, -0.2) is 28.9 Å². The van der Waals surface area contributed by atoms with E-state index in [4.69, 9.17) is 19.9 Å². The van der Waals surface area contributed by atoms with E-state index in [1.807, 2.05) is 19.1 Å². The van der Waals surface area contributed by atoms with E-state index in [0.29, 0.717) is 23.3 Å². The summed E-state index contributed by atoms with van der Waals surface area (Å²) in [6, 6.07) is 54.6. The summed E-state index contributed by atoms with van der Waals surface area (Å²) in [5, 5.41) is 2.35. The van der Waals surface area contributed by atoms with Crippen LogP contribution in [-0.2, 0) is 0 Å². The van der Waals surface area contributed by atoms with Crippen LogP contribution in [0.4, 0.5) is 0 Å². The van der Waals surface area contributed by atoms with Crippen molar-refractivity contribution in [3.63, 3.8) is 0 Å². The van der Waals surface area contributed by atoms with Crippen molar-refractivity contribution in [3.8, 4) is 56.5 Å². The first-order chi connectivity index (χ1) is 26.1. The molecule has 1 aliphatic heterocycles. The van der Waals surface area contributed by atoms with Crippen molar-refractivity contribution in [1.82, 2.24) is 24.9 Å². The summed E-state index contributed by atoms with van der Waals surface area (Å²) in [4.78, 5) is 24.5. The van der Waals surface area contributed by atoms with Gasteiger partial charge in [0.15, 0.2) is 17.5 Å². The molecule has 0 saturated heterocycles. The molecule has 0 spiro atoms. The summed E-state index contributed by atoms with van der Waals surface area (Å²) >= 11 is -0.328. The second kappa shape index (κ2) is 14.4. The second-order valence-electron chi connectivity index (χ2n) is 12.8. The van der Waals surface area contributed by atoms with Crippen LogP contribution in [0.15, 0.2) is 168 Å². The monoisotopic (exact) mass is 793 g/mol. The van der Waals surface area contributed by atoms with Crippen LogP contribution in [0.1, 0.15) is 17.1 Å². The second-order valence-corrected chi connectivity index (χ2v) is 14.8. The van der Waals surface area contributed by atoms with Gasteiger partial charge in [0.05, 0.1) is 11.4 Å². The predicted molar refractivity (Wildman–Crippen MR) is 227 cm³/mol. The quantitative estimate of drug-likeness (QED) is 0.150. The topological polar surface area (TPSA) is 64.5 Å². The Labute approximate surface area is 318 Å². The first-order valence-corrected chi connectivity index (χ1v) is 19.9. The Hall–Kier alpha value is -6.25. The zero-order valence-electron chi connectivity index (χ0n) is 28.9. The zero-order valence-corrected chi connectivity index (χ0v) is 31.0. The molecule has 6 heteroatoms. The molecule has 0 amide bonds. The fourth-order valence-electron chi connectivity index (χ4n) is 6.48. The van der Waals surface area contributed by atoms with Crippen LogP contribution in [0.2, 0.25) is 0 Å². The fraction of sp³-hybridized carbons (Fsp3) is 0.0213. The third kappa shape index (κ3) is 7.01. The average molecular weight is 794 g/mol. The Morgan fingerprint density at radius 3 is 1.62 bits per heavy atom. The molecular formula is C47H32IN5. The normalized spacial score (nSPS) is 12.5. The Balaban J connectivity index is 1.02. The number of hydrogen-bond acceptors (Lipinski definition) is 5. The first-order valence-electron chi connectivity index (χ1n) is 17.4. The summed E-state index contributed by atoms with van der Waals surface area (Å²) in [7, 11) is 0. The molecule has 8 aromatic rings. The van der Waals surface area contributed by atoms with Gasteiger partial charge in [0, 0.05) is 27.8 Å². The van der Waals surface area contributed by atoms with Crippen molar-refractivity contribution < 1.29 is 0 Å². The molecule has 1 aliphatic rings. The van der Waals surface area contributed by atoms with E-state index in [9.17, 15) is 0 Å². The highest BCUT2D eigenvalue weighted by Crippen LogP contribution is 2.33. The number of hydrogen-bond donors (Lipinski definition) is 0. The molecule has 252 valence electrons. The summed E-state index contributed by atoms with van der Waals surface area (Å²) < 4.78 is 4.71. The first kappa shape index (κ1) is 32.6. The van der Waals surface area contributed by atoms with Gasteiger partial charge in [-0.1, -0.05) is 166 Å². The summed E-state index contributed by atoms with van der Waals surface area (Å²) in [5.74, 6) is 2.75. The van der Waals surface area contributed by atoms with E-state index < -0.39 is 0 Å². The molecule has 0 bridgehead atoms. The van der Waals surface area contributed by atoms with Crippen LogP contribution in [0.5, 0.6) is 0 Å². The molecule has 3 heterocycles. The van der Waals surface area contributed by atoms with Crippen molar-refractivity contribution in [1.29, 1.82) is 0 Å². The lowest BCUT2D eigenvalue weighted by atomic mass is 10.0. The van der Waals surface area contributed by atoms with Crippen LogP contribution < -0.4 is 0 Å². The molecule has 0 fully saturated rings. The van der Waals surface area contributed by atoms with Gasteiger partial charge in [0.25, 0.3) is 0 Å². The molecule has 9 rings (SSSR count). The van der Waals surface area contributed by atoms with Gasteiger partial charge in [-0.15, -0.1) is 0 Å². The SMILES string of the molecule is Cc1nc(-c2ccc(C3=CC(c4cc(-c5ccccc5)nc(-c5ccc(-c6ccccc6)cc5)n4)=CI=C3)cc2)nc(-c2ccc3ccccc3c2)n1. The van der Waals surface area contributed by atoms with Gasteiger partial charge < -0.3 is 0 Å². The largest absolute Gasteiger partial charge is 0.228 e. The average Bonchev–Trinajstić information content (AvgIpc) is 3.24. The van der Waals surface area contributed by atoms with E-state index in [0.717, 1.165) is 50.2 Å². The van der Waals surface area contributed by atoms with Gasteiger partial charge >= 0.3 is 0 Å². The molecule has 0 radical (unpaired) electrons. The van der Waals surface area contributed by atoms with Crippen LogP contribution in [0, 0.1) is 6.92 Å². The molecule has 2 aromatic heterocycles. The number of aryl methyl sites for hydroxylation is 1. The minimum atomic E-state index is -0.328. The molecule has 0 aliphatic carbocycles. The van der Waals surface area contributed by atoms with Gasteiger partial charge in [-0.2, -0.15) is 0 Å². The van der Waals surface area contributed by atoms with Crippen molar-refractivity contribution in [3.05, 3.63) is 185 Å². The number of nitrogens with zero attached hydrogens (tertiary/aromatic N) is 5. The lowest BCUT2D eigenvalue weighted by molar-refractivity contribution is 0.992. The smallest absolute Gasteiger partial charge is 0.163 e. The van der Waals surface area contributed by atoms with Crippen molar-refractivity contribution in [2.24, 2.45) is 0 Å². The summed E-state index contributed by atoms with van der Waals surface area (Å²) in [6.45, 7) is 1.92. The number of fused-ring (bicyclic) bond motifs is 1. The maximum Gasteiger partial charge on any atom is 0.163 e. The van der Waals surface area contributed by atoms with Crippen molar-refractivity contribution >= 4 is 46.7 Å². The van der Waals surface area contributed by atoms with Crippen LogP contribution in [0.25, 0.3) is 78.5 Å². The van der Waals surface area contributed by atoms with Crippen molar-refractivity contribution in [2.75, 3.05) is 0 Å². The van der Waals surface area contributed by atoms with Gasteiger partial charge in [-0.05, 0) is 66.3 Å². The predicted octanol–water partition coefficient (Wildman–Crippen LogP) is 11.7. The lowest BCUT2D eigenvalue weighted by Crippen LogP contribution is -2.00. The minimum absolute atomic E-state index is 0.328. The highest BCUT2D eigenvalue weighted by atomic mass is 127. The molecule has 6 aromatic carbocycles. The van der Waals surface area contributed by atoms with Crippen molar-refractivity contribution in [2.45, 2.75) is 6.92 Å². The Morgan fingerprint density at radius 1 is 0.377 bits per heavy atom. The number of aromatic nitrogens is 5. The Bertz CT molecular complexity index is 2700. The maximum absolute atomic E-state index is 5.15. The van der Waals surface area contributed by atoms with E-state index in [-0.39, 0.29) is 20.7 Å². The van der Waals surface area contributed by atoms with E-state index in [1.54, 1.807) is 0 Å². The number of benzene rings is 6. The highest BCUT2D eigenvalue weighted by molar-refractivity contribution is 14.2. The van der Waals surface area contributed by atoms with Crippen LogP contribution >= 0.6 is 20.7 Å². The fourth-order valence-corrected chi connectivity index (χ4v) is 8.47. The third-order valence-corrected chi connectivity index (χ3v) is 11.3. The third-order valence-electron chi connectivity index (χ3n) is 9.25. The minimum Gasteiger partial charge on any atom is -0.228 e. The molecule has 0 saturated carbocycles. The Morgan fingerprint density at radius 2 is 0.906 bits per heavy atom. The number of rotatable bonds is 7. The van der Waals surface area contributed by atoms with Crippen LogP contribution in [0.3, 0.4) is 0 Å². The van der Waals surface area contributed by atoms with Gasteiger partial charge in [0.1, 0.15) is 5.82 Å². The standard InChI is InChI=1S/C47H32IN5/c1-31-49-45(53-47(50-31)40-25-20-33-12-8-9-15-39(33)26-40)37-23-18-35(19-24-37)41-27-42(30-48-29-41)44-28-43(36-13-6-3-7-14-36)51-46(52-44)38-21-16-34(17-22-38)32-10-4-2-5-11-32/h2-30H,1H3. The molecular weight excluding hydrogens is 761 g/mol. The summed E-state index contributed by atoms with van der Waals surface area (Å²) in [6.07, 6.45) is 2.25. The number of allylic oxidation sites excluding steroid dienone is 3. The molecule has 0 N–H and O–H groups in total. The van der Waals surface area contributed by atoms with E-state index in [1.165, 1.54) is 22.1 Å². The highest BCUT2D eigenvalue weighted by Gasteiger charge is 2.15.